The number of pyridine rings is 1. The number of nitrogens with one attached hydrogen (secondary N) is 2. The number of hydrogen-bond acceptors (Lipinski definition) is 4. The number of hydrogen-bond donors (Lipinski definition) is 2. The zero-order chi connectivity index (χ0) is 21.7. The Hall–Kier alpha value is -3.10. The van der Waals surface area contributed by atoms with Gasteiger partial charge >= 0.3 is 18.0 Å². The molecule has 1 aliphatic rings. The fourth-order valence-electron chi connectivity index (χ4n) is 3.46. The van der Waals surface area contributed by atoms with Crippen LogP contribution in [0.5, 0.6) is 0 Å². The molecule has 160 valence electrons. The van der Waals surface area contributed by atoms with E-state index in [1.165, 1.54) is 12.1 Å². The molecule has 0 spiro atoms. The average molecular weight is 420 g/mol. The van der Waals surface area contributed by atoms with Crippen LogP contribution in [0.2, 0.25) is 0 Å². The Morgan fingerprint density at radius 2 is 1.83 bits per heavy atom. The van der Waals surface area contributed by atoms with Gasteiger partial charge in [0.15, 0.2) is 0 Å². The van der Waals surface area contributed by atoms with Crippen LogP contribution in [0.3, 0.4) is 0 Å². The van der Waals surface area contributed by atoms with Gasteiger partial charge in [-0.1, -0.05) is 12.1 Å². The highest BCUT2D eigenvalue weighted by atomic mass is 19.4. The van der Waals surface area contributed by atoms with Crippen molar-refractivity contribution in [2.45, 2.75) is 25.9 Å². The van der Waals surface area contributed by atoms with E-state index in [2.05, 4.69) is 20.5 Å². The van der Waals surface area contributed by atoms with Crippen LogP contribution >= 0.6 is 0 Å². The lowest BCUT2D eigenvalue weighted by Gasteiger charge is -2.33. The first-order valence-corrected chi connectivity index (χ1v) is 9.67. The molecule has 0 aliphatic carbocycles. The Kier molecular flexibility index (Phi) is 6.59. The Morgan fingerprint density at radius 1 is 1.13 bits per heavy atom. The molecular formula is C21H23F3N4O2. The number of alkyl halides is 3. The lowest BCUT2D eigenvalue weighted by atomic mass is 9.96. The van der Waals surface area contributed by atoms with Gasteiger partial charge in [0.25, 0.3) is 0 Å². The maximum atomic E-state index is 13.0. The van der Waals surface area contributed by atoms with Gasteiger partial charge in [-0.3, -0.25) is 14.6 Å². The van der Waals surface area contributed by atoms with E-state index in [0.717, 1.165) is 49.4 Å². The van der Waals surface area contributed by atoms with Crippen molar-refractivity contribution >= 4 is 23.2 Å². The van der Waals surface area contributed by atoms with E-state index in [-0.39, 0.29) is 5.92 Å². The number of aromatic nitrogens is 1. The van der Waals surface area contributed by atoms with Crippen molar-refractivity contribution in [2.24, 2.45) is 5.92 Å². The van der Waals surface area contributed by atoms with Gasteiger partial charge in [-0.15, -0.1) is 0 Å². The summed E-state index contributed by atoms with van der Waals surface area (Å²) in [6, 6.07) is 8.53. The van der Waals surface area contributed by atoms with Crippen molar-refractivity contribution in [2.75, 3.05) is 29.9 Å². The summed E-state index contributed by atoms with van der Waals surface area (Å²) in [6.07, 6.45) is -1.19. The van der Waals surface area contributed by atoms with Gasteiger partial charge < -0.3 is 15.5 Å². The van der Waals surface area contributed by atoms with Gasteiger partial charge in [0.05, 0.1) is 11.3 Å². The van der Waals surface area contributed by atoms with E-state index < -0.39 is 29.2 Å². The van der Waals surface area contributed by atoms with Crippen molar-refractivity contribution in [1.29, 1.82) is 0 Å². The third-order valence-corrected chi connectivity index (χ3v) is 5.10. The first-order chi connectivity index (χ1) is 14.2. The van der Waals surface area contributed by atoms with E-state index in [0.29, 0.717) is 6.54 Å². The summed E-state index contributed by atoms with van der Waals surface area (Å²) in [4.78, 5) is 30.5. The van der Waals surface area contributed by atoms with Crippen LogP contribution < -0.4 is 15.5 Å². The van der Waals surface area contributed by atoms with E-state index in [1.807, 2.05) is 19.1 Å². The molecular weight excluding hydrogens is 397 g/mol. The van der Waals surface area contributed by atoms with E-state index in [4.69, 9.17) is 0 Å². The molecule has 0 radical (unpaired) electrons. The molecule has 1 aromatic heterocycles. The summed E-state index contributed by atoms with van der Waals surface area (Å²) in [6.45, 7) is 3.87. The molecule has 2 amide bonds. The zero-order valence-corrected chi connectivity index (χ0v) is 16.5. The molecule has 3 rings (SSSR count). The smallest absolute Gasteiger partial charge is 0.371 e. The lowest BCUT2D eigenvalue weighted by molar-refractivity contribution is -0.138. The van der Waals surface area contributed by atoms with E-state index >= 15 is 0 Å². The summed E-state index contributed by atoms with van der Waals surface area (Å²) in [5.74, 6) is -1.86. The molecule has 30 heavy (non-hydrogen) atoms. The van der Waals surface area contributed by atoms with Crippen molar-refractivity contribution in [1.82, 2.24) is 10.3 Å². The maximum Gasteiger partial charge on any atom is 0.418 e. The number of piperidine rings is 1. The molecule has 0 unspecified atom stereocenters. The minimum atomic E-state index is -4.62. The predicted molar refractivity (Wildman–Crippen MR) is 107 cm³/mol. The van der Waals surface area contributed by atoms with Crippen LogP contribution in [0.25, 0.3) is 0 Å². The first-order valence-electron chi connectivity index (χ1n) is 9.67. The highest BCUT2D eigenvalue weighted by molar-refractivity contribution is 6.39. The van der Waals surface area contributed by atoms with E-state index in [9.17, 15) is 22.8 Å². The van der Waals surface area contributed by atoms with Crippen LogP contribution in [-0.4, -0.2) is 36.4 Å². The van der Waals surface area contributed by atoms with Crippen LogP contribution in [-0.2, 0) is 15.8 Å². The van der Waals surface area contributed by atoms with Crippen molar-refractivity contribution in [3.63, 3.8) is 0 Å². The van der Waals surface area contributed by atoms with Crippen LogP contribution in [0.4, 0.5) is 24.5 Å². The molecule has 1 saturated heterocycles. The number of para-hydroxylation sites is 1. The third-order valence-electron chi connectivity index (χ3n) is 5.10. The predicted octanol–water partition coefficient (Wildman–Crippen LogP) is 3.38. The number of anilines is 2. The number of halogens is 3. The summed E-state index contributed by atoms with van der Waals surface area (Å²) in [5, 5.41) is 4.59. The van der Waals surface area contributed by atoms with Crippen LogP contribution in [0.1, 0.15) is 24.1 Å². The maximum absolute atomic E-state index is 13.0. The summed E-state index contributed by atoms with van der Waals surface area (Å²) in [5.41, 5.74) is 0.615. The minimum Gasteiger partial charge on any atom is -0.371 e. The Balaban J connectivity index is 1.48. The Morgan fingerprint density at radius 3 is 2.50 bits per heavy atom. The van der Waals surface area contributed by atoms with Gasteiger partial charge in [0.2, 0.25) is 0 Å². The lowest BCUT2D eigenvalue weighted by Crippen LogP contribution is -2.42. The topological polar surface area (TPSA) is 74.3 Å². The number of rotatable bonds is 4. The minimum absolute atomic E-state index is 0.198. The number of amides is 2. The molecule has 0 saturated carbocycles. The van der Waals surface area contributed by atoms with Gasteiger partial charge in [0.1, 0.15) is 0 Å². The van der Waals surface area contributed by atoms with Crippen molar-refractivity contribution in [3.05, 3.63) is 53.9 Å². The molecule has 2 N–H and O–H groups in total. The first kappa shape index (κ1) is 21.6. The van der Waals surface area contributed by atoms with Crippen molar-refractivity contribution < 1.29 is 22.8 Å². The summed E-state index contributed by atoms with van der Waals surface area (Å²) in [7, 11) is 0. The normalized spacial score (nSPS) is 15.0. The van der Waals surface area contributed by atoms with Gasteiger partial charge in [-0.05, 0) is 49.9 Å². The fraction of sp³-hybridized carbons (Fsp3) is 0.381. The number of aryl methyl sites for hydroxylation is 1. The van der Waals surface area contributed by atoms with Gasteiger partial charge in [0, 0.05) is 37.2 Å². The second-order valence-electron chi connectivity index (χ2n) is 7.29. The van der Waals surface area contributed by atoms with Gasteiger partial charge in [-0.25, -0.2) is 0 Å². The molecule has 2 heterocycles. The monoisotopic (exact) mass is 420 g/mol. The van der Waals surface area contributed by atoms with Crippen LogP contribution in [0.15, 0.2) is 42.6 Å². The number of benzene rings is 1. The van der Waals surface area contributed by atoms with E-state index in [1.54, 1.807) is 6.20 Å². The number of nitrogens with zero attached hydrogens (tertiary/aromatic N) is 2. The van der Waals surface area contributed by atoms with Crippen LogP contribution in [0, 0.1) is 12.8 Å². The molecule has 1 aromatic carbocycles. The molecule has 6 nitrogen and oxygen atoms in total. The highest BCUT2D eigenvalue weighted by Crippen LogP contribution is 2.34. The number of carbonyl (C=O) groups excluding carboxylic acids is 2. The zero-order valence-electron chi connectivity index (χ0n) is 16.5. The molecule has 9 heteroatoms. The fourth-order valence-corrected chi connectivity index (χ4v) is 3.46. The third kappa shape index (κ3) is 5.49. The van der Waals surface area contributed by atoms with Gasteiger partial charge in [-0.2, -0.15) is 13.2 Å². The van der Waals surface area contributed by atoms with Crippen molar-refractivity contribution in [3.8, 4) is 0 Å². The second-order valence-corrected chi connectivity index (χ2v) is 7.29. The SMILES string of the molecule is Cc1cc(N2CCC(CNC(=O)C(=O)Nc3ccccc3C(F)(F)F)CC2)ccn1. The second kappa shape index (κ2) is 9.15. The highest BCUT2D eigenvalue weighted by Gasteiger charge is 2.34. The standard InChI is InChI=1S/C21H23F3N4O2/c1-14-12-16(6-9-25-14)28-10-7-15(8-11-28)13-26-19(29)20(30)27-18-5-3-2-4-17(18)21(22,23)24/h2-6,9,12,15H,7-8,10-11,13H2,1H3,(H,26,29)(H,27,30). The summed E-state index contributed by atoms with van der Waals surface area (Å²) < 4.78 is 39.0. The molecule has 1 fully saturated rings. The largest absolute Gasteiger partial charge is 0.418 e. The Labute approximate surface area is 172 Å². The quantitative estimate of drug-likeness (QED) is 0.744. The molecule has 0 atom stereocenters. The average Bonchev–Trinajstić information content (AvgIpc) is 2.72. The Bertz CT molecular complexity index is 909. The number of carbonyl (C=O) groups is 2. The molecule has 2 aromatic rings. The molecule has 0 bridgehead atoms. The molecule has 1 aliphatic heterocycles. The summed E-state index contributed by atoms with van der Waals surface area (Å²) >= 11 is 0.